The van der Waals surface area contributed by atoms with Crippen molar-refractivity contribution in [2.45, 2.75) is 248 Å². The number of nitrogens with one attached hydrogen (secondary N) is 3. The first-order valence-corrected chi connectivity index (χ1v) is 36.8. The summed E-state index contributed by atoms with van der Waals surface area (Å²) in [6.45, 7) is 33.9. The van der Waals surface area contributed by atoms with E-state index in [-0.39, 0.29) is 63.3 Å². The number of unbranched alkanes of at least 4 members (excludes halogenated alkanes) is 1. The van der Waals surface area contributed by atoms with Crippen LogP contribution < -0.4 is 27.4 Å². The lowest BCUT2D eigenvalue weighted by molar-refractivity contribution is -0.198. The molecule has 14 unspecified atom stereocenters. The molecule has 10 N–H and O–H groups in total. The van der Waals surface area contributed by atoms with E-state index in [1.165, 1.54) is 44.9 Å². The molecule has 0 spiro atoms. The predicted octanol–water partition coefficient (Wildman–Crippen LogP) is 11.7. The van der Waals surface area contributed by atoms with Crippen LogP contribution in [0, 0.1) is 128 Å². The average Bonchev–Trinajstić information content (AvgIpc) is 2.17. The topological polar surface area (TPSA) is 236 Å². The van der Waals surface area contributed by atoms with Crippen molar-refractivity contribution in [1.82, 2.24) is 16.0 Å². The summed E-state index contributed by atoms with van der Waals surface area (Å²) in [7, 11) is -9.65. The molecule has 16 heteroatoms. The lowest BCUT2D eigenvalue weighted by atomic mass is 9.38. The van der Waals surface area contributed by atoms with Gasteiger partial charge < -0.3 is 32.5 Å². The molecule has 0 amide bonds. The van der Waals surface area contributed by atoms with Gasteiger partial charge in [0.25, 0.3) is 0 Å². The second-order valence-electron chi connectivity index (χ2n) is 31.7. The number of hydrogen-bond donors (Lipinski definition) is 8. The molecule has 82 heavy (non-hydrogen) atoms. The van der Waals surface area contributed by atoms with Gasteiger partial charge in [0.05, 0.1) is 18.3 Å². The molecule has 0 aliphatic heterocycles. The van der Waals surface area contributed by atoms with E-state index >= 15 is 0 Å². The van der Waals surface area contributed by atoms with E-state index in [1.807, 2.05) is 13.8 Å². The molecule has 0 aromatic heterocycles. The van der Waals surface area contributed by atoms with E-state index < -0.39 is 33.0 Å². The zero-order valence-corrected chi connectivity index (χ0v) is 55.3. The summed E-state index contributed by atoms with van der Waals surface area (Å²) in [6, 6.07) is 1.02. The maximum atomic E-state index is 13.1. The van der Waals surface area contributed by atoms with E-state index in [0.29, 0.717) is 102 Å². The molecular weight excluding hydrogens is 1070 g/mol. The lowest BCUT2D eigenvalue weighted by Crippen LogP contribution is -2.63. The van der Waals surface area contributed by atoms with Gasteiger partial charge in [-0.2, -0.15) is 16.8 Å². The number of rotatable bonds is 28. The van der Waals surface area contributed by atoms with E-state index in [2.05, 4.69) is 85.2 Å². The second-order valence-corrected chi connectivity index (χ2v) is 33.8. The summed E-state index contributed by atoms with van der Waals surface area (Å²) in [6.07, 6.45) is 19.8. The van der Waals surface area contributed by atoms with Crippen LogP contribution in [0.4, 0.5) is 0 Å². The SMILES string of the molecule is CC(C)C(CC(C(C)C(CC[C@H](C)C1CCC2C1[C@H](C)CC1C2[C@H](O)C[C@@]2(C)C[C@@H](NCCCNCCCCN)CC[C@]12C)OS(=O)(=O)O)[C@H](C)C1CCC2C1[C@H](C)CC1C2[C@H](C)C[C@@]2(C)C[C@@H](NCCCN)CC[C@]12C)OS(=O)(=O)O. The van der Waals surface area contributed by atoms with Gasteiger partial charge in [0.1, 0.15) is 0 Å². The van der Waals surface area contributed by atoms with Crippen molar-refractivity contribution >= 4 is 20.8 Å². The molecule has 0 aromatic carbocycles. The maximum Gasteiger partial charge on any atom is 0.397 e. The van der Waals surface area contributed by atoms with Gasteiger partial charge in [-0.3, -0.25) is 9.11 Å². The van der Waals surface area contributed by atoms with E-state index in [1.54, 1.807) is 0 Å². The van der Waals surface area contributed by atoms with Crippen LogP contribution in [0.2, 0.25) is 0 Å². The van der Waals surface area contributed by atoms with E-state index in [4.69, 9.17) is 19.8 Å². The molecular formula is C66H123N5O9S2. The first-order valence-electron chi connectivity index (χ1n) is 34.1. The van der Waals surface area contributed by atoms with Crippen LogP contribution in [0.5, 0.6) is 0 Å². The summed E-state index contributed by atoms with van der Waals surface area (Å²) in [5, 5.41) is 23.8. The van der Waals surface area contributed by atoms with E-state index in [9.17, 15) is 31.0 Å². The van der Waals surface area contributed by atoms with Crippen LogP contribution in [-0.4, -0.2) is 101 Å². The molecule has 0 radical (unpaired) electrons. The molecule has 26 atom stereocenters. The van der Waals surface area contributed by atoms with Gasteiger partial charge in [-0.25, -0.2) is 8.37 Å². The first-order chi connectivity index (χ1) is 38.5. The molecule has 8 rings (SSSR count). The fourth-order valence-electron chi connectivity index (χ4n) is 22.8. The Hall–Kier alpha value is -0.500. The van der Waals surface area contributed by atoms with Crippen molar-refractivity contribution in [2.24, 2.45) is 140 Å². The highest BCUT2D eigenvalue weighted by molar-refractivity contribution is 7.81. The largest absolute Gasteiger partial charge is 0.397 e. The minimum atomic E-state index is -4.86. The Kier molecular flexibility index (Phi) is 22.5. The molecule has 478 valence electrons. The van der Waals surface area contributed by atoms with Gasteiger partial charge in [-0.1, -0.05) is 83.1 Å². The summed E-state index contributed by atoms with van der Waals surface area (Å²) in [5.74, 6) is 5.87. The Morgan fingerprint density at radius 3 is 1.66 bits per heavy atom. The lowest BCUT2D eigenvalue weighted by Gasteiger charge is -2.67. The van der Waals surface area contributed by atoms with Crippen LogP contribution in [0.3, 0.4) is 0 Å². The molecule has 8 aliphatic carbocycles. The molecule has 0 heterocycles. The molecule has 0 aromatic rings. The Morgan fingerprint density at radius 1 is 0.573 bits per heavy atom. The number of hydrogen-bond acceptors (Lipinski definition) is 12. The Balaban J connectivity index is 0.965. The zero-order valence-electron chi connectivity index (χ0n) is 53.6. The van der Waals surface area contributed by atoms with Crippen molar-refractivity contribution in [3.8, 4) is 0 Å². The van der Waals surface area contributed by atoms with Gasteiger partial charge in [-0.05, 0) is 302 Å². The predicted molar refractivity (Wildman–Crippen MR) is 331 cm³/mol. The molecule has 0 bridgehead atoms. The third kappa shape index (κ3) is 14.2. The monoisotopic (exact) mass is 1190 g/mol. The Bertz CT molecular complexity index is 2280. The molecule has 8 saturated carbocycles. The van der Waals surface area contributed by atoms with Crippen LogP contribution in [0.25, 0.3) is 0 Å². The van der Waals surface area contributed by atoms with Gasteiger partial charge >= 0.3 is 20.8 Å². The van der Waals surface area contributed by atoms with Gasteiger partial charge in [0.2, 0.25) is 0 Å². The highest BCUT2D eigenvalue weighted by Crippen LogP contribution is 2.72. The van der Waals surface area contributed by atoms with Crippen molar-refractivity contribution in [2.75, 3.05) is 39.3 Å². The number of nitrogens with two attached hydrogens (primary N) is 2. The zero-order chi connectivity index (χ0) is 59.9. The summed E-state index contributed by atoms with van der Waals surface area (Å²) in [5.41, 5.74) is 12.3. The van der Waals surface area contributed by atoms with Crippen molar-refractivity contribution in [3.05, 3.63) is 0 Å². The fraction of sp³-hybridized carbons (Fsp3) is 1.00. The summed E-state index contributed by atoms with van der Waals surface area (Å²) >= 11 is 0. The minimum Gasteiger partial charge on any atom is -0.393 e. The molecule has 14 nitrogen and oxygen atoms in total. The third-order valence-corrected chi connectivity index (χ3v) is 28.0. The minimum absolute atomic E-state index is 0.0581. The van der Waals surface area contributed by atoms with Crippen molar-refractivity contribution < 1.29 is 39.4 Å². The fourth-order valence-corrected chi connectivity index (χ4v) is 24.0. The summed E-state index contributed by atoms with van der Waals surface area (Å²) in [4.78, 5) is 0. The molecule has 8 fully saturated rings. The van der Waals surface area contributed by atoms with Crippen LogP contribution in [0.1, 0.15) is 218 Å². The quantitative estimate of drug-likeness (QED) is 0.0269. The van der Waals surface area contributed by atoms with E-state index in [0.717, 1.165) is 110 Å². The number of fused-ring (bicyclic) bond motifs is 10. The molecule has 8 aliphatic rings. The Morgan fingerprint density at radius 2 is 1.09 bits per heavy atom. The van der Waals surface area contributed by atoms with Crippen LogP contribution in [0.15, 0.2) is 0 Å². The smallest absolute Gasteiger partial charge is 0.393 e. The second kappa shape index (κ2) is 27.3. The number of aliphatic hydroxyl groups is 1. The van der Waals surface area contributed by atoms with Gasteiger partial charge in [0, 0.05) is 12.1 Å². The van der Waals surface area contributed by atoms with Crippen LogP contribution in [-0.2, 0) is 29.2 Å². The highest BCUT2D eigenvalue weighted by Gasteiger charge is 2.66. The van der Waals surface area contributed by atoms with Crippen LogP contribution >= 0.6 is 0 Å². The first kappa shape index (κ1) is 67.4. The third-order valence-electron chi connectivity index (χ3n) is 27.0. The average molecular weight is 1190 g/mol. The normalized spacial score (nSPS) is 43.3. The van der Waals surface area contributed by atoms with Gasteiger partial charge in [-0.15, -0.1) is 0 Å². The Labute approximate surface area is 500 Å². The number of aliphatic hydroxyl groups excluding tert-OH is 1. The van der Waals surface area contributed by atoms with Crippen molar-refractivity contribution in [1.29, 1.82) is 0 Å². The standard InChI is InChI=1S/C66H123N5O9S2/c1-40(2)58(80-82(76,77)78)35-53(45(7)50-19-21-51-60(50)43(5)33-54-61(51)44(6)36-63(9)37-47(70-31-15-28-68)23-25-65(54,63)11)46(8)57(79-81(73,74)75)22-17-41(3)49-18-20-52-59(49)42(4)34-55-62(52)56(72)39-64(10)38-48(24-26-66(55,64)12)71-32-16-30-69-29-14-13-27-67/h40-62,69-72H,13-39,67-68H2,1-12H3,(H,73,74,75)(H,76,77,78)/t41-,42+,43+,44+,45+,46?,47-,48-,49?,50?,51?,52?,53?,54?,55?,56+,57?,58?,59?,60?,61?,62?,63-,64+,65+,66+/m0/s1. The maximum absolute atomic E-state index is 13.1. The summed E-state index contributed by atoms with van der Waals surface area (Å²) < 4.78 is 83.4. The van der Waals surface area contributed by atoms with Crippen molar-refractivity contribution in [3.63, 3.8) is 0 Å². The molecule has 0 saturated heterocycles. The highest BCUT2D eigenvalue weighted by atomic mass is 32.3. The van der Waals surface area contributed by atoms with Gasteiger partial charge in [0.15, 0.2) is 0 Å².